The van der Waals surface area contributed by atoms with Crippen molar-refractivity contribution in [3.05, 3.63) is 65.5 Å². The van der Waals surface area contributed by atoms with Crippen molar-refractivity contribution in [2.24, 2.45) is 11.8 Å². The normalized spacial score (nSPS) is 17.9. The Hall–Kier alpha value is -2.05. The number of halogens is 1. The van der Waals surface area contributed by atoms with Crippen LogP contribution < -0.4 is 10.6 Å². The molecule has 128 valence electrons. The van der Waals surface area contributed by atoms with Crippen molar-refractivity contribution in [2.45, 2.75) is 13.3 Å². The van der Waals surface area contributed by atoms with Gasteiger partial charge in [-0.25, -0.2) is 10.5 Å². The Morgan fingerprint density at radius 1 is 1.62 bits per heavy atom. The SMILES string of the molecule is C=C(Br)/C(=C/N(C)N)COc1ccn(C2=CC=CC(C)CC=C2)n1. The van der Waals surface area contributed by atoms with Gasteiger partial charge in [0.05, 0.1) is 5.70 Å². The second kappa shape index (κ2) is 8.70. The van der Waals surface area contributed by atoms with Crippen LogP contribution >= 0.6 is 15.9 Å². The summed E-state index contributed by atoms with van der Waals surface area (Å²) in [6.45, 7) is 6.38. The van der Waals surface area contributed by atoms with Gasteiger partial charge in [-0.3, -0.25) is 0 Å². The molecule has 0 amide bonds. The van der Waals surface area contributed by atoms with E-state index in [2.05, 4.69) is 58.8 Å². The van der Waals surface area contributed by atoms with Crippen LogP contribution in [-0.2, 0) is 0 Å². The predicted molar refractivity (Wildman–Crippen MR) is 102 cm³/mol. The molecule has 2 N–H and O–H groups in total. The number of hydrogen-bond acceptors (Lipinski definition) is 4. The zero-order chi connectivity index (χ0) is 17.5. The summed E-state index contributed by atoms with van der Waals surface area (Å²) in [4.78, 5) is 0. The number of allylic oxidation sites excluding steroid dienone is 6. The number of rotatable bonds is 6. The molecule has 0 radical (unpaired) electrons. The molecule has 5 nitrogen and oxygen atoms in total. The fourth-order valence-electron chi connectivity index (χ4n) is 2.15. The third kappa shape index (κ3) is 5.54. The summed E-state index contributed by atoms with van der Waals surface area (Å²) in [7, 11) is 1.74. The third-order valence-corrected chi connectivity index (χ3v) is 3.93. The first-order valence-electron chi connectivity index (χ1n) is 7.72. The molecule has 1 heterocycles. The molecule has 0 aromatic carbocycles. The lowest BCUT2D eigenvalue weighted by Crippen LogP contribution is -2.20. The van der Waals surface area contributed by atoms with Crippen LogP contribution in [0, 0.1) is 5.92 Å². The molecule has 6 heteroatoms. The van der Waals surface area contributed by atoms with E-state index < -0.39 is 0 Å². The number of aromatic nitrogens is 2. The van der Waals surface area contributed by atoms with E-state index in [1.807, 2.05) is 18.3 Å². The molecule has 1 aliphatic rings. The lowest BCUT2D eigenvalue weighted by molar-refractivity contribution is 0.334. The second-order valence-corrected chi connectivity index (χ2v) is 6.66. The highest BCUT2D eigenvalue weighted by atomic mass is 79.9. The third-order valence-electron chi connectivity index (χ3n) is 3.42. The van der Waals surface area contributed by atoms with Gasteiger partial charge in [0, 0.05) is 35.6 Å². The molecule has 0 bridgehead atoms. The molecule has 0 spiro atoms. The summed E-state index contributed by atoms with van der Waals surface area (Å²) in [6, 6.07) is 1.83. The minimum Gasteiger partial charge on any atom is -0.472 e. The summed E-state index contributed by atoms with van der Waals surface area (Å²) in [6.07, 6.45) is 15.2. The highest BCUT2D eigenvalue weighted by Crippen LogP contribution is 2.19. The van der Waals surface area contributed by atoms with E-state index in [0.29, 0.717) is 18.4 Å². The molecule has 1 atom stereocenters. The number of nitrogens with zero attached hydrogens (tertiary/aromatic N) is 3. The maximum Gasteiger partial charge on any atom is 0.233 e. The lowest BCUT2D eigenvalue weighted by atomic mass is 10.1. The van der Waals surface area contributed by atoms with Gasteiger partial charge in [-0.15, -0.1) is 5.10 Å². The molecule has 1 aliphatic carbocycles. The van der Waals surface area contributed by atoms with Gasteiger partial charge in [0.1, 0.15) is 6.61 Å². The largest absolute Gasteiger partial charge is 0.472 e. The molecular formula is C18H23BrN4O. The number of hydrazine groups is 1. The highest BCUT2D eigenvalue weighted by Gasteiger charge is 2.07. The molecule has 2 rings (SSSR count). The fraction of sp³-hybridized carbons (Fsp3) is 0.278. The molecule has 24 heavy (non-hydrogen) atoms. The summed E-state index contributed by atoms with van der Waals surface area (Å²) in [5, 5.41) is 5.92. The number of hydrogen-bond donors (Lipinski definition) is 1. The van der Waals surface area contributed by atoms with E-state index in [4.69, 9.17) is 10.6 Å². The van der Waals surface area contributed by atoms with Crippen LogP contribution in [0.25, 0.3) is 5.70 Å². The van der Waals surface area contributed by atoms with Crippen molar-refractivity contribution in [1.29, 1.82) is 0 Å². The quantitative estimate of drug-likeness (QED) is 0.455. The molecule has 1 unspecified atom stereocenters. The van der Waals surface area contributed by atoms with Crippen molar-refractivity contribution >= 4 is 21.6 Å². The average molecular weight is 391 g/mol. The van der Waals surface area contributed by atoms with Crippen LogP contribution in [0.2, 0.25) is 0 Å². The molecule has 0 saturated carbocycles. The first-order valence-corrected chi connectivity index (χ1v) is 8.52. The zero-order valence-corrected chi connectivity index (χ0v) is 15.6. The number of ether oxygens (including phenoxy) is 1. The van der Waals surface area contributed by atoms with Crippen molar-refractivity contribution in [3.63, 3.8) is 0 Å². The van der Waals surface area contributed by atoms with Gasteiger partial charge in [0.15, 0.2) is 0 Å². The topological polar surface area (TPSA) is 56.3 Å². The monoisotopic (exact) mass is 390 g/mol. The van der Waals surface area contributed by atoms with E-state index in [0.717, 1.165) is 22.2 Å². The molecule has 1 aromatic heterocycles. The Morgan fingerprint density at radius 2 is 2.42 bits per heavy atom. The highest BCUT2D eigenvalue weighted by molar-refractivity contribution is 9.11. The second-order valence-electron chi connectivity index (χ2n) is 5.70. The van der Waals surface area contributed by atoms with E-state index in [1.54, 1.807) is 17.9 Å². The molecule has 0 saturated heterocycles. The van der Waals surface area contributed by atoms with Gasteiger partial charge < -0.3 is 9.75 Å². The van der Waals surface area contributed by atoms with E-state index in [-0.39, 0.29) is 0 Å². The maximum absolute atomic E-state index is 5.73. The predicted octanol–water partition coefficient (Wildman–Crippen LogP) is 3.85. The Bertz CT molecular complexity index is 698. The van der Waals surface area contributed by atoms with Gasteiger partial charge in [0.25, 0.3) is 0 Å². The molecule has 0 fully saturated rings. The van der Waals surface area contributed by atoms with E-state index >= 15 is 0 Å². The van der Waals surface area contributed by atoms with Crippen molar-refractivity contribution in [1.82, 2.24) is 14.8 Å². The van der Waals surface area contributed by atoms with Crippen LogP contribution in [0.3, 0.4) is 0 Å². The minimum absolute atomic E-state index is 0.328. The average Bonchev–Trinajstić information content (AvgIpc) is 2.95. The minimum atomic E-state index is 0.328. The molecule has 0 aliphatic heterocycles. The van der Waals surface area contributed by atoms with Crippen LogP contribution in [0.1, 0.15) is 13.3 Å². The van der Waals surface area contributed by atoms with Crippen molar-refractivity contribution in [2.75, 3.05) is 13.7 Å². The Balaban J connectivity index is 2.07. The van der Waals surface area contributed by atoms with Crippen LogP contribution in [0.15, 0.2) is 65.5 Å². The molecular weight excluding hydrogens is 368 g/mol. The first kappa shape index (κ1) is 18.3. The summed E-state index contributed by atoms with van der Waals surface area (Å²) in [5.41, 5.74) is 1.84. The smallest absolute Gasteiger partial charge is 0.233 e. The van der Waals surface area contributed by atoms with E-state index in [1.165, 1.54) is 5.01 Å². The standard InChI is InChI=1S/C18H23BrN4O/c1-14-6-4-8-17(9-5-7-14)23-11-10-18(21-23)24-13-16(15(2)19)12-22(3)20/h4-6,8-12,14H,2,7,13,20H2,1,3H3/b6-4?,9-5?,16-12+,17-8?. The van der Waals surface area contributed by atoms with Crippen LogP contribution in [0.4, 0.5) is 0 Å². The first-order chi connectivity index (χ1) is 11.5. The Kier molecular flexibility index (Phi) is 6.63. The fourth-order valence-corrected chi connectivity index (χ4v) is 2.36. The maximum atomic E-state index is 5.73. The summed E-state index contributed by atoms with van der Waals surface area (Å²) < 4.78 is 8.26. The number of nitrogens with two attached hydrogens (primary N) is 1. The zero-order valence-electron chi connectivity index (χ0n) is 14.0. The van der Waals surface area contributed by atoms with Crippen LogP contribution in [0.5, 0.6) is 5.88 Å². The van der Waals surface area contributed by atoms with Crippen LogP contribution in [-0.4, -0.2) is 28.4 Å². The lowest BCUT2D eigenvalue weighted by Gasteiger charge is -2.11. The Labute approximate surface area is 151 Å². The summed E-state index contributed by atoms with van der Waals surface area (Å²) in [5.74, 6) is 6.74. The van der Waals surface area contributed by atoms with Crippen molar-refractivity contribution in [3.8, 4) is 5.88 Å². The van der Waals surface area contributed by atoms with Crippen molar-refractivity contribution < 1.29 is 4.74 Å². The Morgan fingerprint density at radius 3 is 3.12 bits per heavy atom. The van der Waals surface area contributed by atoms with Gasteiger partial charge in [-0.1, -0.05) is 47.7 Å². The van der Waals surface area contributed by atoms with Gasteiger partial charge >= 0.3 is 0 Å². The van der Waals surface area contributed by atoms with Gasteiger partial charge in [0.2, 0.25) is 5.88 Å². The van der Waals surface area contributed by atoms with E-state index in [9.17, 15) is 0 Å². The summed E-state index contributed by atoms with van der Waals surface area (Å²) >= 11 is 3.36. The molecule has 1 aromatic rings. The van der Waals surface area contributed by atoms with Gasteiger partial charge in [-0.2, -0.15) is 0 Å². The van der Waals surface area contributed by atoms with Gasteiger partial charge in [-0.05, 0) is 24.5 Å².